The second-order valence-electron chi connectivity index (χ2n) is 6.45. The summed E-state index contributed by atoms with van der Waals surface area (Å²) in [5, 5.41) is 22.4. The van der Waals surface area contributed by atoms with Crippen LogP contribution in [0.1, 0.15) is 12.0 Å². The number of β-amino-alcohol motifs (C(OH)–C–C–N with tert-alkyl or cyclic N) is 1. The van der Waals surface area contributed by atoms with Crippen LogP contribution >= 0.6 is 12.4 Å². The zero-order valence-corrected chi connectivity index (χ0v) is 14.0. The largest absolute Gasteiger partial charge is 0.491 e. The van der Waals surface area contributed by atoms with E-state index in [4.69, 9.17) is 10.00 Å². The topological polar surface area (TPSA) is 68.5 Å². The molecule has 3 atom stereocenters. The number of hydrogen-bond acceptors (Lipinski definition) is 5. The highest BCUT2D eigenvalue weighted by Crippen LogP contribution is 2.24. The van der Waals surface area contributed by atoms with Crippen LogP contribution in [0.15, 0.2) is 24.3 Å². The number of benzene rings is 1. The third-order valence-electron chi connectivity index (χ3n) is 4.46. The molecule has 23 heavy (non-hydrogen) atoms. The van der Waals surface area contributed by atoms with Crippen LogP contribution in [0, 0.1) is 23.2 Å². The highest BCUT2D eigenvalue weighted by molar-refractivity contribution is 5.85. The van der Waals surface area contributed by atoms with E-state index in [2.05, 4.69) is 16.3 Å². The molecule has 1 aromatic rings. The molecule has 0 saturated carbocycles. The Morgan fingerprint density at radius 3 is 2.52 bits per heavy atom. The van der Waals surface area contributed by atoms with Gasteiger partial charge >= 0.3 is 0 Å². The number of halogens is 1. The lowest BCUT2D eigenvalue weighted by Gasteiger charge is -2.42. The van der Waals surface area contributed by atoms with Gasteiger partial charge in [0.05, 0.1) is 11.6 Å². The maximum Gasteiger partial charge on any atom is 0.119 e. The average molecular weight is 338 g/mol. The summed E-state index contributed by atoms with van der Waals surface area (Å²) in [6.45, 7) is 5.30. The third kappa shape index (κ3) is 5.08. The molecule has 0 spiro atoms. The molecule has 2 fully saturated rings. The first-order chi connectivity index (χ1) is 10.7. The van der Waals surface area contributed by atoms with Gasteiger partial charge < -0.3 is 15.2 Å². The fraction of sp³-hybridized carbons (Fsp3) is 0.588. The second-order valence-corrected chi connectivity index (χ2v) is 6.45. The van der Waals surface area contributed by atoms with E-state index >= 15 is 0 Å². The van der Waals surface area contributed by atoms with Crippen molar-refractivity contribution in [2.75, 3.05) is 39.3 Å². The van der Waals surface area contributed by atoms with E-state index in [0.717, 1.165) is 38.0 Å². The van der Waals surface area contributed by atoms with Gasteiger partial charge in [-0.3, -0.25) is 4.90 Å². The Balaban J connectivity index is 0.00000192. The minimum Gasteiger partial charge on any atom is -0.491 e. The first-order valence-electron chi connectivity index (χ1n) is 7.97. The van der Waals surface area contributed by atoms with Gasteiger partial charge in [-0.05, 0) is 55.6 Å². The van der Waals surface area contributed by atoms with E-state index in [1.165, 1.54) is 6.42 Å². The van der Waals surface area contributed by atoms with Crippen LogP contribution in [-0.4, -0.2) is 55.4 Å². The van der Waals surface area contributed by atoms with Crippen molar-refractivity contribution in [2.24, 2.45) is 11.8 Å². The normalized spacial score (nSPS) is 25.0. The lowest BCUT2D eigenvalue weighted by molar-refractivity contribution is 0.0296. The van der Waals surface area contributed by atoms with Gasteiger partial charge in [-0.1, -0.05) is 0 Å². The summed E-state index contributed by atoms with van der Waals surface area (Å²) in [6.07, 6.45) is 0.837. The molecule has 2 saturated heterocycles. The zero-order valence-electron chi connectivity index (χ0n) is 13.1. The van der Waals surface area contributed by atoms with Crippen molar-refractivity contribution in [1.29, 1.82) is 5.26 Å². The van der Waals surface area contributed by atoms with Gasteiger partial charge in [-0.25, -0.2) is 0 Å². The van der Waals surface area contributed by atoms with Crippen LogP contribution in [0.2, 0.25) is 0 Å². The zero-order chi connectivity index (χ0) is 15.4. The Hall–Kier alpha value is -1.32. The molecule has 0 aliphatic carbocycles. The Bertz CT molecular complexity index is 520. The molecule has 0 radical (unpaired) electrons. The van der Waals surface area contributed by atoms with Crippen molar-refractivity contribution in [3.8, 4) is 11.8 Å². The van der Waals surface area contributed by atoms with Crippen LogP contribution in [0.3, 0.4) is 0 Å². The standard InChI is InChI=1S/C17H23N3O2.ClH/c18-6-13-1-3-17(4-2-13)22-12-16(21)11-20-9-14-5-15(10-20)8-19-7-14;/h1-4,14-16,19,21H,5,7-12H2;1H. The molecule has 5 nitrogen and oxygen atoms in total. The van der Waals surface area contributed by atoms with Gasteiger partial charge in [0.1, 0.15) is 18.5 Å². The molecule has 0 amide bonds. The number of likely N-dealkylation sites (tertiary alicyclic amines) is 1. The number of aliphatic hydroxyl groups excluding tert-OH is 1. The van der Waals surface area contributed by atoms with Crippen LogP contribution in [0.4, 0.5) is 0 Å². The fourth-order valence-electron chi connectivity index (χ4n) is 3.53. The summed E-state index contributed by atoms with van der Waals surface area (Å²) >= 11 is 0. The summed E-state index contributed by atoms with van der Waals surface area (Å²) in [5.41, 5.74) is 0.612. The number of rotatable bonds is 5. The summed E-state index contributed by atoms with van der Waals surface area (Å²) in [6, 6.07) is 9.05. The quantitative estimate of drug-likeness (QED) is 0.846. The number of hydrogen-bond donors (Lipinski definition) is 2. The van der Waals surface area contributed by atoms with Gasteiger partial charge in [-0.2, -0.15) is 5.26 Å². The summed E-state index contributed by atoms with van der Waals surface area (Å²) < 4.78 is 5.60. The number of nitrogens with one attached hydrogen (secondary N) is 1. The first kappa shape index (κ1) is 18.0. The maximum atomic E-state index is 10.2. The van der Waals surface area contributed by atoms with Crippen molar-refractivity contribution < 1.29 is 9.84 Å². The molecule has 2 bridgehead atoms. The summed E-state index contributed by atoms with van der Waals surface area (Å²) in [4.78, 5) is 2.37. The Morgan fingerprint density at radius 2 is 1.91 bits per heavy atom. The third-order valence-corrected chi connectivity index (χ3v) is 4.46. The molecular weight excluding hydrogens is 314 g/mol. The highest BCUT2D eigenvalue weighted by Gasteiger charge is 2.30. The molecule has 6 heteroatoms. The van der Waals surface area contributed by atoms with Crippen LogP contribution < -0.4 is 10.1 Å². The number of fused-ring (bicyclic) bond motifs is 2. The molecule has 3 rings (SSSR count). The van der Waals surface area contributed by atoms with E-state index in [9.17, 15) is 5.11 Å². The second kappa shape index (κ2) is 8.51. The van der Waals surface area contributed by atoms with E-state index < -0.39 is 6.10 Å². The maximum absolute atomic E-state index is 10.2. The van der Waals surface area contributed by atoms with Gasteiger partial charge in [0.15, 0.2) is 0 Å². The predicted octanol–water partition coefficient (Wildman–Crippen LogP) is 1.26. The number of aliphatic hydroxyl groups is 1. The molecular formula is C17H24ClN3O2. The van der Waals surface area contributed by atoms with Crippen molar-refractivity contribution in [2.45, 2.75) is 12.5 Å². The van der Waals surface area contributed by atoms with Gasteiger partial charge in [0, 0.05) is 19.6 Å². The smallest absolute Gasteiger partial charge is 0.119 e. The van der Waals surface area contributed by atoms with Crippen LogP contribution in [0.25, 0.3) is 0 Å². The van der Waals surface area contributed by atoms with Crippen molar-refractivity contribution in [1.82, 2.24) is 10.2 Å². The van der Waals surface area contributed by atoms with Crippen LogP contribution in [-0.2, 0) is 0 Å². The number of ether oxygens (including phenoxy) is 1. The fourth-order valence-corrected chi connectivity index (χ4v) is 3.53. The van der Waals surface area contributed by atoms with E-state index in [1.807, 2.05) is 0 Å². The summed E-state index contributed by atoms with van der Waals surface area (Å²) in [7, 11) is 0. The SMILES string of the molecule is Cl.N#Cc1ccc(OCC(O)CN2CC3CNCC(C3)C2)cc1. The first-order valence-corrected chi connectivity index (χ1v) is 7.97. The molecule has 2 aliphatic rings. The summed E-state index contributed by atoms with van der Waals surface area (Å²) in [5.74, 6) is 2.14. The molecule has 2 N–H and O–H groups in total. The number of nitriles is 1. The molecule has 126 valence electrons. The van der Waals surface area contributed by atoms with Gasteiger partial charge in [0.2, 0.25) is 0 Å². The van der Waals surface area contributed by atoms with E-state index in [-0.39, 0.29) is 19.0 Å². The van der Waals surface area contributed by atoms with Crippen molar-refractivity contribution in [3.05, 3.63) is 29.8 Å². The Kier molecular flexibility index (Phi) is 6.67. The minimum atomic E-state index is -0.484. The lowest BCUT2D eigenvalue weighted by Crippen LogP contribution is -2.52. The molecule has 0 aromatic heterocycles. The lowest BCUT2D eigenvalue weighted by atomic mass is 9.86. The monoisotopic (exact) mass is 337 g/mol. The van der Waals surface area contributed by atoms with Crippen molar-refractivity contribution >= 4 is 12.4 Å². The van der Waals surface area contributed by atoms with Crippen molar-refractivity contribution in [3.63, 3.8) is 0 Å². The molecule has 2 aliphatic heterocycles. The molecule has 1 aromatic carbocycles. The molecule has 2 heterocycles. The van der Waals surface area contributed by atoms with Crippen LogP contribution in [0.5, 0.6) is 5.75 Å². The van der Waals surface area contributed by atoms with Gasteiger partial charge in [-0.15, -0.1) is 12.4 Å². The number of nitrogens with zero attached hydrogens (tertiary/aromatic N) is 2. The number of piperidine rings is 2. The highest BCUT2D eigenvalue weighted by atomic mass is 35.5. The molecule has 3 unspecified atom stereocenters. The van der Waals surface area contributed by atoms with E-state index in [1.54, 1.807) is 24.3 Å². The predicted molar refractivity (Wildman–Crippen MR) is 90.8 cm³/mol. The van der Waals surface area contributed by atoms with Gasteiger partial charge in [0.25, 0.3) is 0 Å². The Labute approximate surface area is 143 Å². The minimum absolute atomic E-state index is 0. The van der Waals surface area contributed by atoms with E-state index in [0.29, 0.717) is 17.9 Å². The average Bonchev–Trinajstić information content (AvgIpc) is 2.53. The Morgan fingerprint density at radius 1 is 1.26 bits per heavy atom.